The minimum absolute atomic E-state index is 0.166. The molecule has 0 spiro atoms. The fourth-order valence-electron chi connectivity index (χ4n) is 1.51. The fraction of sp³-hybridized carbons (Fsp3) is 0.462. The smallest absolute Gasteiger partial charge is 0.341 e. The number of hydrogen-bond donors (Lipinski definition) is 2. The Balaban J connectivity index is 2.51. The molecule has 1 rings (SSSR count). The minimum atomic E-state index is -0.421. The van der Waals surface area contributed by atoms with Gasteiger partial charge in [0.2, 0.25) is 0 Å². The van der Waals surface area contributed by atoms with E-state index in [9.17, 15) is 4.79 Å². The number of nitrogen functional groups attached to an aromatic ring is 1. The Morgan fingerprint density at radius 3 is 2.78 bits per heavy atom. The SMILES string of the molecule is COc1cc(N)ccc1C(=O)OCCCCCO. The van der Waals surface area contributed by atoms with Crippen molar-refractivity contribution in [1.82, 2.24) is 0 Å². The highest BCUT2D eigenvalue weighted by Crippen LogP contribution is 2.22. The van der Waals surface area contributed by atoms with E-state index in [0.717, 1.165) is 19.3 Å². The summed E-state index contributed by atoms with van der Waals surface area (Å²) in [6.07, 6.45) is 2.30. The van der Waals surface area contributed by atoms with Crippen molar-refractivity contribution >= 4 is 11.7 Å². The van der Waals surface area contributed by atoms with Crippen molar-refractivity contribution in [1.29, 1.82) is 0 Å². The number of benzene rings is 1. The Hall–Kier alpha value is -1.75. The van der Waals surface area contributed by atoms with E-state index in [1.807, 2.05) is 0 Å². The molecule has 1 aromatic carbocycles. The van der Waals surface area contributed by atoms with Gasteiger partial charge in [-0.25, -0.2) is 4.79 Å². The van der Waals surface area contributed by atoms with Gasteiger partial charge < -0.3 is 20.3 Å². The molecular weight excluding hydrogens is 234 g/mol. The summed E-state index contributed by atoms with van der Waals surface area (Å²) in [7, 11) is 1.48. The zero-order valence-corrected chi connectivity index (χ0v) is 10.5. The van der Waals surface area contributed by atoms with Crippen molar-refractivity contribution in [2.75, 3.05) is 26.1 Å². The van der Waals surface area contributed by atoms with Crippen molar-refractivity contribution in [2.24, 2.45) is 0 Å². The van der Waals surface area contributed by atoms with Crippen molar-refractivity contribution < 1.29 is 19.4 Å². The maximum absolute atomic E-state index is 11.8. The second-order valence-electron chi connectivity index (χ2n) is 3.88. The number of anilines is 1. The van der Waals surface area contributed by atoms with Crippen molar-refractivity contribution in [3.8, 4) is 5.75 Å². The lowest BCUT2D eigenvalue weighted by Crippen LogP contribution is -2.08. The highest BCUT2D eigenvalue weighted by Gasteiger charge is 2.13. The van der Waals surface area contributed by atoms with Crippen LogP contribution in [0.4, 0.5) is 5.69 Å². The van der Waals surface area contributed by atoms with Gasteiger partial charge in [0.1, 0.15) is 11.3 Å². The summed E-state index contributed by atoms with van der Waals surface area (Å²) in [5, 5.41) is 8.61. The van der Waals surface area contributed by atoms with Gasteiger partial charge in [0.15, 0.2) is 0 Å². The molecule has 0 heterocycles. The predicted molar refractivity (Wildman–Crippen MR) is 68.6 cm³/mol. The molecule has 0 saturated heterocycles. The van der Waals surface area contributed by atoms with Crippen molar-refractivity contribution in [2.45, 2.75) is 19.3 Å². The molecule has 0 unspecified atom stereocenters. The zero-order valence-electron chi connectivity index (χ0n) is 10.5. The average Bonchev–Trinajstić information content (AvgIpc) is 2.38. The standard InChI is InChI=1S/C13H19NO4/c1-17-12-9-10(14)5-6-11(12)13(16)18-8-4-2-3-7-15/h5-6,9,15H,2-4,7-8,14H2,1H3. The van der Waals surface area contributed by atoms with Gasteiger partial charge in [0, 0.05) is 18.4 Å². The molecule has 0 aliphatic heterocycles. The van der Waals surface area contributed by atoms with E-state index in [1.165, 1.54) is 7.11 Å². The van der Waals surface area contributed by atoms with E-state index in [2.05, 4.69) is 0 Å². The van der Waals surface area contributed by atoms with E-state index >= 15 is 0 Å². The maximum atomic E-state index is 11.8. The zero-order chi connectivity index (χ0) is 13.4. The number of unbranched alkanes of at least 4 members (excludes halogenated alkanes) is 2. The van der Waals surface area contributed by atoms with Gasteiger partial charge in [-0.15, -0.1) is 0 Å². The third-order valence-electron chi connectivity index (χ3n) is 2.48. The van der Waals surface area contributed by atoms with E-state index in [0.29, 0.717) is 23.6 Å². The average molecular weight is 253 g/mol. The summed E-state index contributed by atoms with van der Waals surface area (Å²) in [6, 6.07) is 4.80. The molecule has 0 aliphatic rings. The lowest BCUT2D eigenvalue weighted by Gasteiger charge is -2.09. The lowest BCUT2D eigenvalue weighted by molar-refractivity contribution is 0.0493. The van der Waals surface area contributed by atoms with Gasteiger partial charge in [0.05, 0.1) is 13.7 Å². The third kappa shape index (κ3) is 4.25. The van der Waals surface area contributed by atoms with Gasteiger partial charge in [-0.2, -0.15) is 0 Å². The van der Waals surface area contributed by atoms with Crippen LogP contribution in [0.25, 0.3) is 0 Å². The molecule has 0 aliphatic carbocycles. The Morgan fingerprint density at radius 2 is 2.11 bits per heavy atom. The first kappa shape index (κ1) is 14.3. The Morgan fingerprint density at radius 1 is 1.33 bits per heavy atom. The quantitative estimate of drug-likeness (QED) is 0.438. The first-order valence-electron chi connectivity index (χ1n) is 5.90. The van der Waals surface area contributed by atoms with Gasteiger partial charge in [-0.3, -0.25) is 0 Å². The van der Waals surface area contributed by atoms with Crippen LogP contribution in [-0.2, 0) is 4.74 Å². The van der Waals surface area contributed by atoms with Gasteiger partial charge in [-0.1, -0.05) is 0 Å². The number of esters is 1. The Bertz CT molecular complexity index is 393. The van der Waals surface area contributed by atoms with Crippen LogP contribution in [-0.4, -0.2) is 31.4 Å². The first-order valence-corrected chi connectivity index (χ1v) is 5.90. The summed E-state index contributed by atoms with van der Waals surface area (Å²) >= 11 is 0. The minimum Gasteiger partial charge on any atom is -0.496 e. The molecule has 5 heteroatoms. The monoisotopic (exact) mass is 253 g/mol. The Labute approximate surface area is 107 Å². The van der Waals surface area contributed by atoms with Crippen LogP contribution in [0.1, 0.15) is 29.6 Å². The molecule has 0 amide bonds. The lowest BCUT2D eigenvalue weighted by atomic mass is 10.2. The Kier molecular flexibility index (Phi) is 6.00. The number of aliphatic hydroxyl groups is 1. The molecule has 0 radical (unpaired) electrons. The van der Waals surface area contributed by atoms with Crippen LogP contribution in [0.5, 0.6) is 5.75 Å². The molecule has 5 nitrogen and oxygen atoms in total. The van der Waals surface area contributed by atoms with Crippen LogP contribution >= 0.6 is 0 Å². The van der Waals surface area contributed by atoms with Crippen molar-refractivity contribution in [3.05, 3.63) is 23.8 Å². The normalized spacial score (nSPS) is 10.1. The number of rotatable bonds is 7. The van der Waals surface area contributed by atoms with Crippen LogP contribution in [0.15, 0.2) is 18.2 Å². The molecule has 0 fully saturated rings. The molecule has 0 aromatic heterocycles. The largest absolute Gasteiger partial charge is 0.496 e. The number of aliphatic hydroxyl groups excluding tert-OH is 1. The van der Waals surface area contributed by atoms with Crippen LogP contribution in [0, 0.1) is 0 Å². The number of nitrogens with two attached hydrogens (primary N) is 1. The molecule has 1 aromatic rings. The summed E-state index contributed by atoms with van der Waals surface area (Å²) in [5.41, 5.74) is 6.51. The van der Waals surface area contributed by atoms with Crippen molar-refractivity contribution in [3.63, 3.8) is 0 Å². The second-order valence-corrected chi connectivity index (χ2v) is 3.88. The summed E-state index contributed by atoms with van der Waals surface area (Å²) in [4.78, 5) is 11.8. The molecule has 18 heavy (non-hydrogen) atoms. The molecule has 0 bridgehead atoms. The second kappa shape index (κ2) is 7.55. The maximum Gasteiger partial charge on any atom is 0.341 e. The molecular formula is C13H19NO4. The number of hydrogen-bond acceptors (Lipinski definition) is 5. The highest BCUT2D eigenvalue weighted by molar-refractivity contribution is 5.93. The summed E-state index contributed by atoms with van der Waals surface area (Å²) < 4.78 is 10.2. The molecule has 0 atom stereocenters. The van der Waals surface area contributed by atoms with Crippen LogP contribution in [0.2, 0.25) is 0 Å². The number of carbonyl (C=O) groups is 1. The van der Waals surface area contributed by atoms with E-state index in [4.69, 9.17) is 20.3 Å². The van der Waals surface area contributed by atoms with Crippen LogP contribution < -0.4 is 10.5 Å². The number of ether oxygens (including phenoxy) is 2. The van der Waals surface area contributed by atoms with Crippen LogP contribution in [0.3, 0.4) is 0 Å². The third-order valence-corrected chi connectivity index (χ3v) is 2.48. The fourth-order valence-corrected chi connectivity index (χ4v) is 1.51. The van der Waals surface area contributed by atoms with Gasteiger partial charge in [-0.05, 0) is 31.4 Å². The van der Waals surface area contributed by atoms with Gasteiger partial charge in [0.25, 0.3) is 0 Å². The molecule has 3 N–H and O–H groups in total. The van der Waals surface area contributed by atoms with Gasteiger partial charge >= 0.3 is 5.97 Å². The van der Waals surface area contributed by atoms with E-state index in [1.54, 1.807) is 18.2 Å². The summed E-state index contributed by atoms with van der Waals surface area (Å²) in [5.74, 6) is -0.00814. The number of carbonyl (C=O) groups excluding carboxylic acids is 1. The highest BCUT2D eigenvalue weighted by atomic mass is 16.5. The van der Waals surface area contributed by atoms with E-state index < -0.39 is 5.97 Å². The molecule has 0 saturated carbocycles. The topological polar surface area (TPSA) is 81.8 Å². The van der Waals surface area contributed by atoms with E-state index in [-0.39, 0.29) is 6.61 Å². The number of methoxy groups -OCH3 is 1. The first-order chi connectivity index (χ1) is 8.69. The summed E-state index contributed by atoms with van der Waals surface area (Å²) in [6.45, 7) is 0.506. The molecule has 100 valence electrons. The predicted octanol–water partition coefficient (Wildman–Crippen LogP) is 1.60.